The smallest absolute Gasteiger partial charge is 0.0878 e. The van der Waals surface area contributed by atoms with Crippen molar-refractivity contribution in [2.75, 3.05) is 0 Å². The molecule has 0 saturated heterocycles. The summed E-state index contributed by atoms with van der Waals surface area (Å²) in [6, 6.07) is 8.12. The van der Waals surface area contributed by atoms with Gasteiger partial charge >= 0.3 is 0 Å². The van der Waals surface area contributed by atoms with Crippen molar-refractivity contribution < 1.29 is 0 Å². The number of benzene rings is 1. The Bertz CT molecular complexity index is 851. The number of nitrogens with zero attached hydrogens (tertiary/aromatic N) is 1. The van der Waals surface area contributed by atoms with Gasteiger partial charge in [-0.15, -0.1) is 11.3 Å². The van der Waals surface area contributed by atoms with Gasteiger partial charge < -0.3 is 0 Å². The van der Waals surface area contributed by atoms with Gasteiger partial charge in [-0.25, -0.2) is 0 Å². The van der Waals surface area contributed by atoms with E-state index in [2.05, 4.69) is 43.3 Å². The Morgan fingerprint density at radius 2 is 1.69 bits per heavy atom. The van der Waals surface area contributed by atoms with E-state index in [1.54, 1.807) is 11.3 Å². The lowest BCUT2D eigenvalue weighted by Gasteiger charge is -2.02. The lowest BCUT2D eigenvalue weighted by Crippen LogP contribution is -2.24. The van der Waals surface area contributed by atoms with E-state index in [0.717, 1.165) is 16.1 Å². The summed E-state index contributed by atoms with van der Waals surface area (Å²) in [5.41, 5.74) is 3.38. The molecule has 0 aliphatic rings. The first-order valence-corrected chi connectivity index (χ1v) is 10.1. The van der Waals surface area contributed by atoms with Crippen LogP contribution in [0.5, 0.6) is 0 Å². The van der Waals surface area contributed by atoms with Crippen LogP contribution in [0, 0.1) is 6.92 Å². The van der Waals surface area contributed by atoms with Crippen LogP contribution in [0.4, 0.5) is 0 Å². The Kier molecular flexibility index (Phi) is 12.0. The standard InChI is InChI=1S/C20H21NS.2C2H6/c1-6-11-18-16(7-2)15(5)20(22-18)19(21-8-3)17-13-10-9-12-14(17)4;2*1-2/h6-13H,2,4H2,1,3,5H3;2*1-2H3/b11-6-,19-17-,21-8?;;. The highest BCUT2D eigenvalue weighted by atomic mass is 32.1. The van der Waals surface area contributed by atoms with Gasteiger partial charge in [0.25, 0.3) is 0 Å². The van der Waals surface area contributed by atoms with Gasteiger partial charge in [-0.2, -0.15) is 0 Å². The van der Waals surface area contributed by atoms with Crippen LogP contribution < -0.4 is 10.4 Å². The third-order valence-corrected chi connectivity index (χ3v) is 4.77. The van der Waals surface area contributed by atoms with Gasteiger partial charge in [-0.3, -0.25) is 4.99 Å². The Balaban J connectivity index is 0.00000146. The molecule has 2 aromatic rings. The molecule has 2 heteroatoms. The average molecular weight is 368 g/mol. The summed E-state index contributed by atoms with van der Waals surface area (Å²) in [7, 11) is 0. The third kappa shape index (κ3) is 5.67. The van der Waals surface area contributed by atoms with Crippen LogP contribution in [0.25, 0.3) is 24.4 Å². The van der Waals surface area contributed by atoms with Gasteiger partial charge in [0, 0.05) is 16.3 Å². The van der Waals surface area contributed by atoms with E-state index >= 15 is 0 Å². The monoisotopic (exact) mass is 367 g/mol. The van der Waals surface area contributed by atoms with Gasteiger partial charge in [0.2, 0.25) is 0 Å². The molecule has 0 saturated carbocycles. The summed E-state index contributed by atoms with van der Waals surface area (Å²) in [5, 5.41) is 2.07. The number of allylic oxidation sites excluding steroid dienone is 1. The van der Waals surface area contributed by atoms with Crippen molar-refractivity contribution >= 4 is 42.0 Å². The molecule has 140 valence electrons. The molecule has 26 heavy (non-hydrogen) atoms. The predicted molar refractivity (Wildman–Crippen MR) is 124 cm³/mol. The van der Waals surface area contributed by atoms with Crippen molar-refractivity contribution in [1.82, 2.24) is 0 Å². The topological polar surface area (TPSA) is 12.4 Å². The number of thiophene rings is 1. The average Bonchev–Trinajstić information content (AvgIpc) is 2.99. The van der Waals surface area contributed by atoms with E-state index < -0.39 is 0 Å². The van der Waals surface area contributed by atoms with Gasteiger partial charge in [0.05, 0.1) is 10.6 Å². The molecule has 0 aliphatic carbocycles. The van der Waals surface area contributed by atoms with Gasteiger partial charge in [-0.05, 0) is 43.2 Å². The maximum atomic E-state index is 4.64. The first-order valence-electron chi connectivity index (χ1n) is 9.29. The van der Waals surface area contributed by atoms with Crippen LogP contribution in [-0.4, -0.2) is 6.21 Å². The van der Waals surface area contributed by atoms with Crippen LogP contribution in [0.2, 0.25) is 0 Å². The van der Waals surface area contributed by atoms with E-state index in [9.17, 15) is 0 Å². The predicted octanol–water partition coefficient (Wildman–Crippen LogP) is 6.44. The quantitative estimate of drug-likeness (QED) is 0.551. The van der Waals surface area contributed by atoms with Gasteiger partial charge in [0.1, 0.15) is 0 Å². The highest BCUT2D eigenvalue weighted by Gasteiger charge is 2.14. The lowest BCUT2D eigenvalue weighted by atomic mass is 10.1. The molecule has 0 unspecified atom stereocenters. The minimum absolute atomic E-state index is 0.981. The second-order valence-electron chi connectivity index (χ2n) is 4.93. The summed E-state index contributed by atoms with van der Waals surface area (Å²) in [5.74, 6) is 0. The Morgan fingerprint density at radius 3 is 2.19 bits per heavy atom. The molecular formula is C24H33NS. The molecular weight excluding hydrogens is 334 g/mol. The van der Waals surface area contributed by atoms with Crippen molar-refractivity contribution in [2.24, 2.45) is 4.99 Å². The minimum atomic E-state index is 0.981. The van der Waals surface area contributed by atoms with Gasteiger partial charge in [0.15, 0.2) is 0 Å². The van der Waals surface area contributed by atoms with Crippen molar-refractivity contribution in [1.29, 1.82) is 0 Å². The Morgan fingerprint density at radius 1 is 1.08 bits per heavy atom. The first kappa shape index (κ1) is 23.8. The highest BCUT2D eigenvalue weighted by molar-refractivity contribution is 7.14. The second-order valence-corrected chi connectivity index (χ2v) is 5.98. The number of rotatable bonds is 4. The molecule has 1 aromatic carbocycles. The summed E-state index contributed by atoms with van der Waals surface area (Å²) < 4.78 is 0. The summed E-state index contributed by atoms with van der Waals surface area (Å²) in [6.07, 6.45) is 7.94. The molecule has 0 spiro atoms. The van der Waals surface area contributed by atoms with Crippen LogP contribution in [0.3, 0.4) is 0 Å². The van der Waals surface area contributed by atoms with Crippen LogP contribution in [-0.2, 0) is 0 Å². The molecule has 0 amide bonds. The molecule has 1 nitrogen and oxygen atoms in total. The van der Waals surface area contributed by atoms with Crippen molar-refractivity contribution in [3.63, 3.8) is 0 Å². The van der Waals surface area contributed by atoms with Crippen LogP contribution in [0.1, 0.15) is 62.4 Å². The molecule has 0 aliphatic heterocycles. The highest BCUT2D eigenvalue weighted by Crippen LogP contribution is 2.34. The molecule has 0 atom stereocenters. The van der Waals surface area contributed by atoms with E-state index in [1.807, 2.05) is 72.0 Å². The minimum Gasteiger partial charge on any atom is -0.259 e. The first-order chi connectivity index (χ1) is 12.6. The fourth-order valence-electron chi connectivity index (χ4n) is 2.43. The molecule has 2 rings (SSSR count). The molecule has 0 radical (unpaired) electrons. The second kappa shape index (κ2) is 13.1. The maximum absolute atomic E-state index is 4.64. The normalized spacial score (nSPS) is 11.5. The van der Waals surface area contributed by atoms with E-state index in [4.69, 9.17) is 0 Å². The number of hydrogen-bond donors (Lipinski definition) is 0. The zero-order chi connectivity index (χ0) is 20.1. The van der Waals surface area contributed by atoms with E-state index in [-0.39, 0.29) is 0 Å². The Hall–Kier alpha value is -2.19. The van der Waals surface area contributed by atoms with Crippen LogP contribution in [0.15, 0.2) is 41.9 Å². The van der Waals surface area contributed by atoms with Crippen LogP contribution >= 0.6 is 11.3 Å². The zero-order valence-electron chi connectivity index (χ0n) is 17.4. The largest absolute Gasteiger partial charge is 0.259 e. The fourth-order valence-corrected chi connectivity index (χ4v) is 3.73. The molecule has 1 heterocycles. The summed E-state index contributed by atoms with van der Waals surface area (Å²) >= 11 is 1.75. The maximum Gasteiger partial charge on any atom is 0.0878 e. The number of aliphatic imine (C=N–C) groups is 1. The van der Waals surface area contributed by atoms with E-state index in [1.165, 1.54) is 20.9 Å². The number of hydrogen-bond acceptors (Lipinski definition) is 2. The summed E-state index contributed by atoms with van der Waals surface area (Å²) in [4.78, 5) is 7.03. The van der Waals surface area contributed by atoms with Crippen molar-refractivity contribution in [2.45, 2.75) is 48.5 Å². The molecule has 0 bridgehead atoms. The Labute approximate surface area is 163 Å². The fraction of sp³-hybridized carbons (Fsp3) is 0.292. The lowest BCUT2D eigenvalue weighted by molar-refractivity contribution is 1.40. The summed E-state index contributed by atoms with van der Waals surface area (Å²) in [6.45, 7) is 22.2. The SMILES string of the molecule is C=Cc1c(/C=C\C)sc(/C(N=CC)=c2\ccccc2=C)c1C.CC.CC. The van der Waals surface area contributed by atoms with E-state index in [0.29, 0.717) is 0 Å². The molecule has 1 aromatic heterocycles. The molecule has 0 fully saturated rings. The van der Waals surface area contributed by atoms with Gasteiger partial charge in [-0.1, -0.05) is 77.3 Å². The van der Waals surface area contributed by atoms with Crippen molar-refractivity contribution in [3.8, 4) is 0 Å². The zero-order valence-corrected chi connectivity index (χ0v) is 18.2. The molecule has 0 N–H and O–H groups in total. The van der Waals surface area contributed by atoms with Crippen molar-refractivity contribution in [3.05, 3.63) is 68.2 Å². The third-order valence-electron chi connectivity index (χ3n) is 3.49.